The van der Waals surface area contributed by atoms with Gasteiger partial charge in [0.05, 0.1) is 6.04 Å². The summed E-state index contributed by atoms with van der Waals surface area (Å²) >= 11 is 0. The topological polar surface area (TPSA) is 55.1 Å². The molecule has 0 bridgehead atoms. The molecule has 0 saturated heterocycles. The molecule has 3 N–H and O–H groups in total. The van der Waals surface area contributed by atoms with Crippen molar-refractivity contribution in [1.29, 1.82) is 0 Å². The molecule has 1 atom stereocenters. The van der Waals surface area contributed by atoms with E-state index in [9.17, 15) is 4.79 Å². The predicted octanol–water partition coefficient (Wildman–Crippen LogP) is 1.42. The van der Waals surface area contributed by atoms with E-state index in [1.165, 1.54) is 12.8 Å². The van der Waals surface area contributed by atoms with Crippen LogP contribution in [0.3, 0.4) is 0 Å². The fourth-order valence-electron chi connectivity index (χ4n) is 1.90. The third-order valence-corrected chi connectivity index (χ3v) is 3.14. The van der Waals surface area contributed by atoms with E-state index < -0.39 is 0 Å². The summed E-state index contributed by atoms with van der Waals surface area (Å²) < 4.78 is 0. The molecule has 1 aliphatic rings. The highest BCUT2D eigenvalue weighted by Crippen LogP contribution is 2.23. The molecule has 1 fully saturated rings. The largest absolute Gasteiger partial charge is 0.352 e. The van der Waals surface area contributed by atoms with Crippen molar-refractivity contribution in [3.63, 3.8) is 0 Å². The maximum absolute atomic E-state index is 11.5. The van der Waals surface area contributed by atoms with Crippen LogP contribution < -0.4 is 11.1 Å². The molecule has 3 nitrogen and oxygen atoms in total. The molecule has 0 radical (unpaired) electrons. The van der Waals surface area contributed by atoms with Crippen LogP contribution in [0.1, 0.15) is 46.0 Å². The van der Waals surface area contributed by atoms with Gasteiger partial charge in [-0.05, 0) is 38.0 Å². The Bertz CT molecular complexity index is 186. The summed E-state index contributed by atoms with van der Waals surface area (Å²) in [6, 6.07) is 0.0469. The number of nitrogens with one attached hydrogen (secondary N) is 1. The Balaban J connectivity index is 2.27. The van der Waals surface area contributed by atoms with Crippen molar-refractivity contribution >= 4 is 5.91 Å². The van der Waals surface area contributed by atoms with E-state index in [-0.39, 0.29) is 11.9 Å². The third kappa shape index (κ3) is 3.29. The Morgan fingerprint density at radius 1 is 1.43 bits per heavy atom. The lowest BCUT2D eigenvalue weighted by atomic mass is 9.87. The SMILES string of the molecule is CC[C@@H](N)C(=O)NC1CCC(C)CC1. The molecule has 1 saturated carbocycles. The van der Waals surface area contributed by atoms with E-state index in [0.29, 0.717) is 6.04 Å². The van der Waals surface area contributed by atoms with Gasteiger partial charge in [-0.1, -0.05) is 13.8 Å². The van der Waals surface area contributed by atoms with Crippen LogP contribution in [-0.4, -0.2) is 18.0 Å². The minimum atomic E-state index is -0.325. The monoisotopic (exact) mass is 198 g/mol. The van der Waals surface area contributed by atoms with E-state index in [1.54, 1.807) is 0 Å². The molecule has 0 aliphatic heterocycles. The van der Waals surface area contributed by atoms with Crippen molar-refractivity contribution < 1.29 is 4.79 Å². The zero-order valence-electron chi connectivity index (χ0n) is 9.25. The molecule has 0 aromatic rings. The summed E-state index contributed by atoms with van der Waals surface area (Å²) in [5.41, 5.74) is 5.65. The molecular formula is C11H22N2O. The Morgan fingerprint density at radius 2 is 2.00 bits per heavy atom. The van der Waals surface area contributed by atoms with Gasteiger partial charge in [0.25, 0.3) is 0 Å². The first-order valence-electron chi connectivity index (χ1n) is 5.69. The fourth-order valence-corrected chi connectivity index (χ4v) is 1.90. The number of rotatable bonds is 3. The van der Waals surface area contributed by atoms with E-state index in [1.807, 2.05) is 6.92 Å². The van der Waals surface area contributed by atoms with Gasteiger partial charge in [-0.3, -0.25) is 4.79 Å². The van der Waals surface area contributed by atoms with Gasteiger partial charge in [-0.2, -0.15) is 0 Å². The van der Waals surface area contributed by atoms with Crippen molar-refractivity contribution in [2.45, 2.75) is 58.0 Å². The highest BCUT2D eigenvalue weighted by atomic mass is 16.2. The molecule has 0 aromatic carbocycles. The number of nitrogens with two attached hydrogens (primary N) is 1. The number of carbonyl (C=O) groups is 1. The van der Waals surface area contributed by atoms with Crippen LogP contribution in [0.25, 0.3) is 0 Å². The second kappa shape index (κ2) is 5.35. The zero-order chi connectivity index (χ0) is 10.6. The average molecular weight is 198 g/mol. The fraction of sp³-hybridized carbons (Fsp3) is 0.909. The van der Waals surface area contributed by atoms with E-state index in [2.05, 4.69) is 12.2 Å². The van der Waals surface area contributed by atoms with Crippen LogP contribution in [0.4, 0.5) is 0 Å². The van der Waals surface area contributed by atoms with Crippen molar-refractivity contribution in [2.75, 3.05) is 0 Å². The highest BCUT2D eigenvalue weighted by Gasteiger charge is 2.21. The third-order valence-electron chi connectivity index (χ3n) is 3.14. The first-order valence-corrected chi connectivity index (χ1v) is 5.69. The molecule has 0 aromatic heterocycles. The Labute approximate surface area is 86.4 Å². The molecular weight excluding hydrogens is 176 g/mol. The van der Waals surface area contributed by atoms with E-state index in [4.69, 9.17) is 5.73 Å². The first kappa shape index (κ1) is 11.5. The van der Waals surface area contributed by atoms with E-state index in [0.717, 1.165) is 25.2 Å². The van der Waals surface area contributed by atoms with Gasteiger partial charge in [-0.15, -0.1) is 0 Å². The van der Waals surface area contributed by atoms with Gasteiger partial charge in [0.2, 0.25) is 5.91 Å². The summed E-state index contributed by atoms with van der Waals surface area (Å²) in [4.78, 5) is 11.5. The molecule has 82 valence electrons. The van der Waals surface area contributed by atoms with Crippen LogP contribution in [0.2, 0.25) is 0 Å². The normalized spacial score (nSPS) is 29.6. The summed E-state index contributed by atoms with van der Waals surface area (Å²) in [5.74, 6) is 0.843. The smallest absolute Gasteiger partial charge is 0.237 e. The number of hydrogen-bond donors (Lipinski definition) is 2. The molecule has 1 aliphatic carbocycles. The number of carbonyl (C=O) groups excluding carboxylic acids is 1. The lowest BCUT2D eigenvalue weighted by molar-refractivity contribution is -0.123. The van der Waals surface area contributed by atoms with Crippen molar-refractivity contribution in [2.24, 2.45) is 11.7 Å². The van der Waals surface area contributed by atoms with Gasteiger partial charge < -0.3 is 11.1 Å². The lowest BCUT2D eigenvalue weighted by Gasteiger charge is -2.27. The first-order chi connectivity index (χ1) is 6.63. The summed E-state index contributed by atoms with van der Waals surface area (Å²) in [5, 5.41) is 3.03. The second-order valence-electron chi connectivity index (χ2n) is 4.48. The zero-order valence-corrected chi connectivity index (χ0v) is 9.25. The van der Waals surface area contributed by atoms with Crippen LogP contribution in [0, 0.1) is 5.92 Å². The molecule has 0 heterocycles. The van der Waals surface area contributed by atoms with Crippen LogP contribution in [0.15, 0.2) is 0 Å². The van der Waals surface area contributed by atoms with Gasteiger partial charge in [0.15, 0.2) is 0 Å². The molecule has 0 unspecified atom stereocenters. The van der Waals surface area contributed by atoms with E-state index >= 15 is 0 Å². The summed E-state index contributed by atoms with van der Waals surface area (Å²) in [6.45, 7) is 4.21. The van der Waals surface area contributed by atoms with Crippen LogP contribution in [-0.2, 0) is 4.79 Å². The minimum Gasteiger partial charge on any atom is -0.352 e. The average Bonchev–Trinajstić information content (AvgIpc) is 2.20. The molecule has 0 spiro atoms. The Kier molecular flexibility index (Phi) is 4.39. The quantitative estimate of drug-likeness (QED) is 0.720. The van der Waals surface area contributed by atoms with Gasteiger partial charge in [0.1, 0.15) is 0 Å². The predicted molar refractivity (Wildman–Crippen MR) is 57.8 cm³/mol. The number of hydrogen-bond acceptors (Lipinski definition) is 2. The highest BCUT2D eigenvalue weighted by molar-refractivity contribution is 5.81. The van der Waals surface area contributed by atoms with Gasteiger partial charge in [0, 0.05) is 6.04 Å². The minimum absolute atomic E-state index is 0.0204. The molecule has 1 amide bonds. The van der Waals surface area contributed by atoms with Crippen LogP contribution >= 0.6 is 0 Å². The Morgan fingerprint density at radius 3 is 2.50 bits per heavy atom. The summed E-state index contributed by atoms with van der Waals surface area (Å²) in [6.07, 6.45) is 5.40. The van der Waals surface area contributed by atoms with Gasteiger partial charge in [-0.25, -0.2) is 0 Å². The lowest BCUT2D eigenvalue weighted by Crippen LogP contribution is -2.46. The maximum atomic E-state index is 11.5. The van der Waals surface area contributed by atoms with Crippen molar-refractivity contribution in [3.05, 3.63) is 0 Å². The van der Waals surface area contributed by atoms with Crippen molar-refractivity contribution in [1.82, 2.24) is 5.32 Å². The molecule has 14 heavy (non-hydrogen) atoms. The van der Waals surface area contributed by atoms with Crippen molar-refractivity contribution in [3.8, 4) is 0 Å². The summed E-state index contributed by atoms with van der Waals surface area (Å²) in [7, 11) is 0. The Hall–Kier alpha value is -0.570. The van der Waals surface area contributed by atoms with Crippen LogP contribution in [0.5, 0.6) is 0 Å². The standard InChI is InChI=1S/C11H22N2O/c1-3-10(12)11(14)13-9-6-4-8(2)5-7-9/h8-10H,3-7,12H2,1-2H3,(H,13,14)/t8?,9?,10-/m1/s1. The molecule has 3 heteroatoms. The maximum Gasteiger partial charge on any atom is 0.237 e. The second-order valence-corrected chi connectivity index (χ2v) is 4.48. The molecule has 1 rings (SSSR count). The van der Waals surface area contributed by atoms with Gasteiger partial charge >= 0.3 is 0 Å². The number of amides is 1.